The predicted molar refractivity (Wildman–Crippen MR) is 71.1 cm³/mol. The second kappa shape index (κ2) is 5.08. The van der Waals surface area contributed by atoms with Crippen molar-refractivity contribution >= 4 is 12.2 Å². The molecule has 2 rings (SSSR count). The molecule has 0 fully saturated rings. The standard InChI is InChI=1S/C14H15NS/c1-2-4-11-7-9-12(10-8-11)13-5-3-6-14(16)15-13/h3,5-10H,2,4H2,1H3,(H,15,16). The maximum Gasteiger partial charge on any atom is 0.103 e. The van der Waals surface area contributed by atoms with Crippen LogP contribution in [0.3, 0.4) is 0 Å². The van der Waals surface area contributed by atoms with E-state index in [4.69, 9.17) is 12.2 Å². The van der Waals surface area contributed by atoms with E-state index < -0.39 is 0 Å². The molecule has 0 aliphatic heterocycles. The number of rotatable bonds is 3. The number of hydrogen-bond acceptors (Lipinski definition) is 1. The molecule has 1 aromatic heterocycles. The fourth-order valence-corrected chi connectivity index (χ4v) is 1.94. The van der Waals surface area contributed by atoms with Gasteiger partial charge in [-0.05, 0) is 29.7 Å². The summed E-state index contributed by atoms with van der Waals surface area (Å²) in [7, 11) is 0. The lowest BCUT2D eigenvalue weighted by Crippen LogP contribution is -1.86. The Morgan fingerprint density at radius 1 is 1.06 bits per heavy atom. The average molecular weight is 229 g/mol. The molecule has 0 aliphatic carbocycles. The first-order chi connectivity index (χ1) is 7.79. The molecule has 0 amide bonds. The summed E-state index contributed by atoms with van der Waals surface area (Å²) >= 11 is 5.11. The third-order valence-corrected chi connectivity index (χ3v) is 2.81. The van der Waals surface area contributed by atoms with Gasteiger partial charge in [0.1, 0.15) is 4.64 Å². The zero-order valence-corrected chi connectivity index (χ0v) is 10.2. The van der Waals surface area contributed by atoms with Crippen LogP contribution in [0.25, 0.3) is 11.3 Å². The van der Waals surface area contributed by atoms with Gasteiger partial charge in [-0.1, -0.05) is 55.9 Å². The zero-order chi connectivity index (χ0) is 11.4. The van der Waals surface area contributed by atoms with Crippen molar-refractivity contribution < 1.29 is 0 Å². The summed E-state index contributed by atoms with van der Waals surface area (Å²) in [6.45, 7) is 2.20. The minimum Gasteiger partial charge on any atom is -0.346 e. The quantitative estimate of drug-likeness (QED) is 0.773. The van der Waals surface area contributed by atoms with Crippen LogP contribution in [-0.4, -0.2) is 4.98 Å². The summed E-state index contributed by atoms with van der Waals surface area (Å²) < 4.78 is 0.773. The van der Waals surface area contributed by atoms with Crippen molar-refractivity contribution in [1.82, 2.24) is 4.98 Å². The summed E-state index contributed by atoms with van der Waals surface area (Å²) in [5.74, 6) is 0. The molecule has 0 bridgehead atoms. The van der Waals surface area contributed by atoms with Gasteiger partial charge >= 0.3 is 0 Å². The molecule has 0 atom stereocenters. The second-order valence-electron chi connectivity index (χ2n) is 3.88. The van der Waals surface area contributed by atoms with E-state index in [9.17, 15) is 0 Å². The number of nitrogens with one attached hydrogen (secondary N) is 1. The molecule has 1 nitrogen and oxygen atoms in total. The summed E-state index contributed by atoms with van der Waals surface area (Å²) in [6.07, 6.45) is 2.33. The fourth-order valence-electron chi connectivity index (χ4n) is 1.76. The van der Waals surface area contributed by atoms with Crippen LogP contribution in [0.2, 0.25) is 0 Å². The molecule has 0 aliphatic rings. The SMILES string of the molecule is CCCc1ccc(-c2cccc(=S)[nH]2)cc1. The number of aromatic nitrogens is 1. The first kappa shape index (κ1) is 11.1. The van der Waals surface area contributed by atoms with Gasteiger partial charge in [0.2, 0.25) is 0 Å². The van der Waals surface area contributed by atoms with Crippen molar-refractivity contribution in [1.29, 1.82) is 0 Å². The smallest absolute Gasteiger partial charge is 0.103 e. The van der Waals surface area contributed by atoms with Crippen LogP contribution in [0.4, 0.5) is 0 Å². The van der Waals surface area contributed by atoms with Crippen LogP contribution in [0, 0.1) is 4.64 Å². The Labute approximate surface area is 101 Å². The monoisotopic (exact) mass is 229 g/mol. The molecular weight excluding hydrogens is 214 g/mol. The molecule has 0 saturated carbocycles. The van der Waals surface area contributed by atoms with Crippen molar-refractivity contribution in [2.45, 2.75) is 19.8 Å². The highest BCUT2D eigenvalue weighted by Crippen LogP contribution is 2.17. The minimum absolute atomic E-state index is 0.773. The maximum atomic E-state index is 5.11. The Hall–Kier alpha value is -1.41. The number of aryl methyl sites for hydroxylation is 1. The van der Waals surface area contributed by atoms with Crippen LogP contribution in [-0.2, 0) is 6.42 Å². The van der Waals surface area contributed by atoms with Gasteiger partial charge in [0.05, 0.1) is 0 Å². The third kappa shape index (κ3) is 2.58. The van der Waals surface area contributed by atoms with Gasteiger partial charge in [-0.15, -0.1) is 0 Å². The zero-order valence-electron chi connectivity index (χ0n) is 9.36. The second-order valence-corrected chi connectivity index (χ2v) is 4.32. The molecule has 0 unspecified atom stereocenters. The van der Waals surface area contributed by atoms with Gasteiger partial charge in [0.25, 0.3) is 0 Å². The molecule has 0 radical (unpaired) electrons. The van der Waals surface area contributed by atoms with Crippen LogP contribution < -0.4 is 0 Å². The highest BCUT2D eigenvalue weighted by molar-refractivity contribution is 7.71. The number of benzene rings is 1. The Balaban J connectivity index is 2.31. The molecular formula is C14H15NS. The van der Waals surface area contributed by atoms with E-state index in [-0.39, 0.29) is 0 Å². The van der Waals surface area contributed by atoms with Crippen LogP contribution in [0.15, 0.2) is 42.5 Å². The Kier molecular flexibility index (Phi) is 3.52. The molecule has 0 spiro atoms. The molecule has 1 N–H and O–H groups in total. The van der Waals surface area contributed by atoms with Gasteiger partial charge < -0.3 is 4.98 Å². The van der Waals surface area contributed by atoms with Gasteiger partial charge in [-0.2, -0.15) is 0 Å². The molecule has 16 heavy (non-hydrogen) atoms. The van der Waals surface area contributed by atoms with E-state index in [2.05, 4.69) is 36.2 Å². The van der Waals surface area contributed by atoms with Crippen LogP contribution in [0.1, 0.15) is 18.9 Å². The number of H-pyrrole nitrogens is 1. The molecule has 2 heteroatoms. The highest BCUT2D eigenvalue weighted by Gasteiger charge is 1.97. The van der Waals surface area contributed by atoms with Crippen molar-refractivity contribution in [2.24, 2.45) is 0 Å². The molecule has 1 aromatic carbocycles. The maximum absolute atomic E-state index is 5.11. The number of pyridine rings is 1. The molecule has 0 saturated heterocycles. The molecule has 2 aromatic rings. The van der Waals surface area contributed by atoms with Gasteiger partial charge in [-0.25, -0.2) is 0 Å². The largest absolute Gasteiger partial charge is 0.346 e. The summed E-state index contributed by atoms with van der Waals surface area (Å²) in [5, 5.41) is 0. The lowest BCUT2D eigenvalue weighted by atomic mass is 10.1. The van der Waals surface area contributed by atoms with Crippen molar-refractivity contribution in [3.63, 3.8) is 0 Å². The van der Waals surface area contributed by atoms with E-state index in [0.29, 0.717) is 0 Å². The predicted octanol–water partition coefficient (Wildman–Crippen LogP) is 4.36. The Morgan fingerprint density at radius 3 is 2.44 bits per heavy atom. The minimum atomic E-state index is 0.773. The topological polar surface area (TPSA) is 15.8 Å². The summed E-state index contributed by atoms with van der Waals surface area (Å²) in [5.41, 5.74) is 3.66. The van der Waals surface area contributed by atoms with Crippen LogP contribution >= 0.6 is 12.2 Å². The molecule has 1 heterocycles. The van der Waals surface area contributed by atoms with Crippen molar-refractivity contribution in [3.05, 3.63) is 52.7 Å². The van der Waals surface area contributed by atoms with Crippen molar-refractivity contribution in [2.75, 3.05) is 0 Å². The summed E-state index contributed by atoms with van der Waals surface area (Å²) in [6, 6.07) is 14.6. The first-order valence-electron chi connectivity index (χ1n) is 5.58. The van der Waals surface area contributed by atoms with E-state index in [1.54, 1.807) is 0 Å². The third-order valence-electron chi connectivity index (χ3n) is 2.57. The first-order valence-corrected chi connectivity index (χ1v) is 5.99. The number of hydrogen-bond donors (Lipinski definition) is 1. The Bertz CT molecular complexity index is 511. The van der Waals surface area contributed by atoms with E-state index in [1.165, 1.54) is 17.5 Å². The van der Waals surface area contributed by atoms with Gasteiger partial charge in [0, 0.05) is 5.69 Å². The highest BCUT2D eigenvalue weighted by atomic mass is 32.1. The lowest BCUT2D eigenvalue weighted by Gasteiger charge is -2.03. The Morgan fingerprint density at radius 2 is 1.81 bits per heavy atom. The average Bonchev–Trinajstić information content (AvgIpc) is 2.30. The normalized spacial score (nSPS) is 10.3. The summed E-state index contributed by atoms with van der Waals surface area (Å²) in [4.78, 5) is 3.19. The van der Waals surface area contributed by atoms with Crippen molar-refractivity contribution in [3.8, 4) is 11.3 Å². The molecule has 82 valence electrons. The van der Waals surface area contributed by atoms with E-state index in [0.717, 1.165) is 16.8 Å². The lowest BCUT2D eigenvalue weighted by molar-refractivity contribution is 0.922. The number of aromatic amines is 1. The van der Waals surface area contributed by atoms with Gasteiger partial charge in [-0.3, -0.25) is 0 Å². The van der Waals surface area contributed by atoms with E-state index >= 15 is 0 Å². The van der Waals surface area contributed by atoms with E-state index in [1.807, 2.05) is 18.2 Å². The van der Waals surface area contributed by atoms with Crippen LogP contribution in [0.5, 0.6) is 0 Å². The fraction of sp³-hybridized carbons (Fsp3) is 0.214. The van der Waals surface area contributed by atoms with Gasteiger partial charge in [0.15, 0.2) is 0 Å².